The van der Waals surface area contributed by atoms with Crippen LogP contribution in [0.15, 0.2) is 42.5 Å². The van der Waals surface area contributed by atoms with E-state index in [9.17, 15) is 14.7 Å². The van der Waals surface area contributed by atoms with E-state index in [2.05, 4.69) is 10.1 Å². The largest absolute Gasteiger partial charge is 0.478 e. The van der Waals surface area contributed by atoms with Crippen molar-refractivity contribution in [2.45, 2.75) is 6.10 Å². The summed E-state index contributed by atoms with van der Waals surface area (Å²) in [6.07, 6.45) is -1.17. The van der Waals surface area contributed by atoms with Gasteiger partial charge in [-0.1, -0.05) is 23.7 Å². The van der Waals surface area contributed by atoms with Gasteiger partial charge in [-0.25, -0.2) is 9.59 Å². The van der Waals surface area contributed by atoms with Crippen molar-refractivity contribution in [3.63, 3.8) is 0 Å². The van der Waals surface area contributed by atoms with Crippen LogP contribution in [0.3, 0.4) is 0 Å². The number of carbonyl (C=O) groups is 2. The van der Waals surface area contributed by atoms with E-state index in [4.69, 9.17) is 22.1 Å². The third kappa shape index (κ3) is 5.37. The molecule has 0 aromatic heterocycles. The summed E-state index contributed by atoms with van der Waals surface area (Å²) in [6.45, 7) is 0.390. The van der Waals surface area contributed by atoms with Crippen LogP contribution in [0.1, 0.15) is 27.6 Å². The first-order valence-corrected chi connectivity index (χ1v) is 8.11. The number of nitrogen functional groups attached to an aromatic ring is 1. The van der Waals surface area contributed by atoms with Crippen molar-refractivity contribution in [3.8, 4) is 0 Å². The molecule has 0 fully saturated rings. The highest BCUT2D eigenvalue weighted by Crippen LogP contribution is 2.30. The molecule has 0 bridgehead atoms. The number of hydrogen-bond acceptors (Lipinski definition) is 5. The number of carbonyl (C=O) groups excluding carboxylic acids is 1. The maximum atomic E-state index is 11.3. The summed E-state index contributed by atoms with van der Waals surface area (Å²) in [6, 6.07) is 11.6. The minimum absolute atomic E-state index is 0.0586. The van der Waals surface area contributed by atoms with E-state index in [-0.39, 0.29) is 18.7 Å². The number of rotatable bonds is 7. The Morgan fingerprint density at radius 1 is 1.23 bits per heavy atom. The maximum absolute atomic E-state index is 11.3. The molecule has 0 aliphatic carbocycles. The van der Waals surface area contributed by atoms with Crippen molar-refractivity contribution in [1.29, 1.82) is 0 Å². The molecule has 1 amide bonds. The molecule has 0 saturated carbocycles. The zero-order valence-electron chi connectivity index (χ0n) is 14.1. The van der Waals surface area contributed by atoms with Gasteiger partial charge < -0.3 is 25.6 Å². The van der Waals surface area contributed by atoms with Crippen molar-refractivity contribution in [3.05, 3.63) is 64.2 Å². The summed E-state index contributed by atoms with van der Waals surface area (Å²) in [5.74, 6) is -1.09. The summed E-state index contributed by atoms with van der Waals surface area (Å²) in [5, 5.41) is 12.3. The van der Waals surface area contributed by atoms with Crippen LogP contribution in [-0.4, -0.2) is 37.4 Å². The SMILES string of the molecule is COC(=O)NCCOC(c1cccc(Cl)c1)c1cc(N)cc(C(=O)O)c1. The lowest BCUT2D eigenvalue weighted by atomic mass is 9.98. The number of anilines is 1. The standard InChI is InChI=1S/C18H19ClN2O5/c1-25-18(24)21-5-6-26-16(11-3-2-4-14(19)8-11)12-7-13(17(22)23)10-15(20)9-12/h2-4,7-10,16H,5-6,20H2,1H3,(H,21,24)(H,22,23). The predicted molar refractivity (Wildman–Crippen MR) is 97.5 cm³/mol. The first kappa shape index (κ1) is 19.6. The Balaban J connectivity index is 2.28. The van der Waals surface area contributed by atoms with Crippen molar-refractivity contribution in [2.24, 2.45) is 0 Å². The summed E-state index contributed by atoms with van der Waals surface area (Å²) in [7, 11) is 1.27. The van der Waals surface area contributed by atoms with E-state index in [1.54, 1.807) is 24.3 Å². The molecule has 0 aliphatic heterocycles. The quantitative estimate of drug-likeness (QED) is 0.504. The molecule has 2 aromatic carbocycles. The summed E-state index contributed by atoms with van der Waals surface area (Å²) < 4.78 is 10.4. The van der Waals surface area contributed by atoms with Gasteiger partial charge in [-0.2, -0.15) is 0 Å². The molecule has 7 nitrogen and oxygen atoms in total. The smallest absolute Gasteiger partial charge is 0.406 e. The van der Waals surface area contributed by atoms with Crippen molar-refractivity contribution < 1.29 is 24.2 Å². The average molecular weight is 379 g/mol. The van der Waals surface area contributed by atoms with Gasteiger partial charge in [-0.3, -0.25) is 0 Å². The molecular weight excluding hydrogens is 360 g/mol. The van der Waals surface area contributed by atoms with Crippen molar-refractivity contribution in [1.82, 2.24) is 5.32 Å². The zero-order chi connectivity index (χ0) is 19.1. The van der Waals surface area contributed by atoms with Crippen molar-refractivity contribution in [2.75, 3.05) is 26.0 Å². The highest BCUT2D eigenvalue weighted by Gasteiger charge is 2.18. The first-order chi connectivity index (χ1) is 12.4. The van der Waals surface area contributed by atoms with Crippen LogP contribution in [-0.2, 0) is 9.47 Å². The molecule has 0 radical (unpaired) electrons. The molecule has 4 N–H and O–H groups in total. The molecule has 0 heterocycles. The number of hydrogen-bond donors (Lipinski definition) is 3. The van der Waals surface area contributed by atoms with Crippen LogP contribution in [0.25, 0.3) is 0 Å². The number of alkyl carbamates (subject to hydrolysis) is 1. The highest BCUT2D eigenvalue weighted by molar-refractivity contribution is 6.30. The minimum atomic E-state index is -1.09. The Morgan fingerprint density at radius 2 is 2.00 bits per heavy atom. The molecule has 0 saturated heterocycles. The van der Waals surface area contributed by atoms with Crippen LogP contribution < -0.4 is 11.1 Å². The molecule has 2 aromatic rings. The predicted octanol–water partition coefficient (Wildman–Crippen LogP) is 3.08. The van der Waals surface area contributed by atoms with Gasteiger partial charge in [0.05, 0.1) is 19.3 Å². The number of nitrogens with one attached hydrogen (secondary N) is 1. The van der Waals surface area contributed by atoms with Gasteiger partial charge in [0.15, 0.2) is 0 Å². The molecule has 8 heteroatoms. The number of benzene rings is 2. The molecule has 1 unspecified atom stereocenters. The van der Waals surface area contributed by atoms with Gasteiger partial charge in [-0.05, 0) is 41.5 Å². The fourth-order valence-corrected chi connectivity index (χ4v) is 2.61. The van der Waals surface area contributed by atoms with E-state index in [1.807, 2.05) is 6.07 Å². The number of amides is 1. The topological polar surface area (TPSA) is 111 Å². The van der Waals surface area contributed by atoms with Gasteiger partial charge in [0.2, 0.25) is 0 Å². The molecule has 138 valence electrons. The van der Waals surface area contributed by atoms with Gasteiger partial charge in [0, 0.05) is 17.3 Å². The fraction of sp³-hybridized carbons (Fsp3) is 0.222. The van der Waals surface area contributed by atoms with E-state index < -0.39 is 18.2 Å². The second-order valence-corrected chi connectivity index (χ2v) is 5.85. The lowest BCUT2D eigenvalue weighted by Crippen LogP contribution is -2.27. The lowest BCUT2D eigenvalue weighted by molar-refractivity contribution is 0.0693. The van der Waals surface area contributed by atoms with E-state index in [0.717, 1.165) is 5.56 Å². The molecule has 2 rings (SSSR count). The summed E-state index contributed by atoms with van der Waals surface area (Å²) in [4.78, 5) is 22.4. The van der Waals surface area contributed by atoms with Crippen LogP contribution in [0.5, 0.6) is 0 Å². The number of halogens is 1. The Morgan fingerprint density at radius 3 is 2.65 bits per heavy atom. The highest BCUT2D eigenvalue weighted by atomic mass is 35.5. The number of methoxy groups -OCH3 is 1. The minimum Gasteiger partial charge on any atom is -0.478 e. The number of ether oxygens (including phenoxy) is 2. The van der Waals surface area contributed by atoms with E-state index in [1.165, 1.54) is 19.2 Å². The Kier molecular flexibility index (Phi) is 6.82. The average Bonchev–Trinajstić information content (AvgIpc) is 2.60. The third-order valence-electron chi connectivity index (χ3n) is 3.52. The second kappa shape index (κ2) is 9.07. The van der Waals surface area contributed by atoms with Gasteiger partial charge >= 0.3 is 12.1 Å². The number of aromatic carboxylic acids is 1. The number of carboxylic acid groups (broad SMARTS) is 1. The molecule has 26 heavy (non-hydrogen) atoms. The third-order valence-corrected chi connectivity index (χ3v) is 3.76. The fourth-order valence-electron chi connectivity index (χ4n) is 2.41. The number of nitrogens with two attached hydrogens (primary N) is 1. The van der Waals surface area contributed by atoms with Crippen LogP contribution >= 0.6 is 11.6 Å². The van der Waals surface area contributed by atoms with Gasteiger partial charge in [-0.15, -0.1) is 0 Å². The van der Waals surface area contributed by atoms with Gasteiger partial charge in [0.25, 0.3) is 0 Å². The number of carboxylic acids is 1. The maximum Gasteiger partial charge on any atom is 0.406 e. The summed E-state index contributed by atoms with van der Waals surface area (Å²) in [5.41, 5.74) is 7.51. The van der Waals surface area contributed by atoms with Crippen molar-refractivity contribution >= 4 is 29.4 Å². The Bertz CT molecular complexity index is 797. The van der Waals surface area contributed by atoms with Crippen LogP contribution in [0.2, 0.25) is 5.02 Å². The molecule has 0 spiro atoms. The summed E-state index contributed by atoms with van der Waals surface area (Å²) >= 11 is 6.06. The molecular formula is C18H19ClN2O5. The normalized spacial score (nSPS) is 11.6. The van der Waals surface area contributed by atoms with Crippen LogP contribution in [0, 0.1) is 0 Å². The molecule has 0 aliphatic rings. The van der Waals surface area contributed by atoms with E-state index >= 15 is 0 Å². The first-order valence-electron chi connectivity index (χ1n) is 7.73. The van der Waals surface area contributed by atoms with E-state index in [0.29, 0.717) is 16.3 Å². The second-order valence-electron chi connectivity index (χ2n) is 5.42. The monoisotopic (exact) mass is 378 g/mol. The zero-order valence-corrected chi connectivity index (χ0v) is 14.8. The Hall–Kier alpha value is -2.77. The van der Waals surface area contributed by atoms with Crippen LogP contribution in [0.4, 0.5) is 10.5 Å². The van der Waals surface area contributed by atoms with Gasteiger partial charge in [0.1, 0.15) is 6.10 Å². The lowest BCUT2D eigenvalue weighted by Gasteiger charge is -2.20. The molecule has 1 atom stereocenters. The Labute approximate surface area is 155 Å².